The minimum atomic E-state index is -0.0336. The van der Waals surface area contributed by atoms with Crippen molar-refractivity contribution >= 4 is 11.8 Å². The number of rotatable bonds is 3. The van der Waals surface area contributed by atoms with Gasteiger partial charge in [0.2, 0.25) is 0 Å². The maximum Gasteiger partial charge on any atom is 0.0580 e. The van der Waals surface area contributed by atoms with Gasteiger partial charge in [0, 0.05) is 18.8 Å². The molecule has 0 aromatic heterocycles. The Hall–Kier alpha value is 0.270. The first-order valence-electron chi connectivity index (χ1n) is 7.27. The molecule has 2 aliphatic rings. The van der Waals surface area contributed by atoms with E-state index in [1.807, 2.05) is 0 Å². The molecule has 100 valence electrons. The highest BCUT2D eigenvalue weighted by molar-refractivity contribution is 7.99. The van der Waals surface area contributed by atoms with E-state index in [4.69, 9.17) is 0 Å². The van der Waals surface area contributed by atoms with Crippen LogP contribution in [-0.4, -0.2) is 47.3 Å². The van der Waals surface area contributed by atoms with Crippen molar-refractivity contribution in [1.82, 2.24) is 4.90 Å². The second-order valence-corrected chi connectivity index (χ2v) is 6.91. The predicted molar refractivity (Wildman–Crippen MR) is 75.5 cm³/mol. The normalized spacial score (nSPS) is 36.7. The zero-order valence-corrected chi connectivity index (χ0v) is 11.9. The van der Waals surface area contributed by atoms with E-state index in [-0.39, 0.29) is 6.10 Å². The Morgan fingerprint density at radius 3 is 2.94 bits per heavy atom. The Labute approximate surface area is 110 Å². The van der Waals surface area contributed by atoms with Crippen LogP contribution in [0.15, 0.2) is 0 Å². The first-order valence-corrected chi connectivity index (χ1v) is 8.43. The van der Waals surface area contributed by atoms with Crippen molar-refractivity contribution in [1.29, 1.82) is 0 Å². The number of hydrogen-bond acceptors (Lipinski definition) is 3. The average molecular weight is 257 g/mol. The fourth-order valence-electron chi connectivity index (χ4n) is 3.22. The van der Waals surface area contributed by atoms with Crippen molar-refractivity contribution in [2.24, 2.45) is 11.8 Å². The Morgan fingerprint density at radius 2 is 2.12 bits per heavy atom. The first-order chi connectivity index (χ1) is 8.29. The third-order valence-corrected chi connectivity index (χ3v) is 5.48. The van der Waals surface area contributed by atoms with Crippen LogP contribution in [0.3, 0.4) is 0 Å². The zero-order chi connectivity index (χ0) is 12.1. The Morgan fingerprint density at radius 1 is 1.24 bits per heavy atom. The second-order valence-electron chi connectivity index (χ2n) is 5.68. The van der Waals surface area contributed by atoms with Crippen LogP contribution >= 0.6 is 11.8 Å². The molecular weight excluding hydrogens is 230 g/mol. The number of hydrogen-bond donors (Lipinski definition) is 1. The van der Waals surface area contributed by atoms with Gasteiger partial charge in [0.05, 0.1) is 6.10 Å². The molecule has 1 N–H and O–H groups in total. The molecular formula is C14H27NOS. The van der Waals surface area contributed by atoms with Crippen molar-refractivity contribution in [3.05, 3.63) is 0 Å². The van der Waals surface area contributed by atoms with Crippen LogP contribution in [-0.2, 0) is 0 Å². The van der Waals surface area contributed by atoms with Gasteiger partial charge in [-0.2, -0.15) is 11.8 Å². The molecule has 1 saturated heterocycles. The third-order valence-electron chi connectivity index (χ3n) is 4.44. The van der Waals surface area contributed by atoms with Crippen molar-refractivity contribution in [2.45, 2.75) is 45.1 Å². The molecule has 3 atom stereocenters. The molecule has 1 heterocycles. The topological polar surface area (TPSA) is 23.5 Å². The minimum absolute atomic E-state index is 0.0336. The molecule has 0 bridgehead atoms. The van der Waals surface area contributed by atoms with Crippen LogP contribution in [0.4, 0.5) is 0 Å². The van der Waals surface area contributed by atoms with Crippen molar-refractivity contribution < 1.29 is 5.11 Å². The van der Waals surface area contributed by atoms with Gasteiger partial charge >= 0.3 is 0 Å². The molecule has 0 radical (unpaired) electrons. The van der Waals surface area contributed by atoms with Crippen LogP contribution in [0.1, 0.15) is 39.0 Å². The highest BCUT2D eigenvalue weighted by atomic mass is 32.2. The average Bonchev–Trinajstić information content (AvgIpc) is 2.60. The van der Waals surface area contributed by atoms with Gasteiger partial charge in [-0.25, -0.2) is 0 Å². The lowest BCUT2D eigenvalue weighted by atomic mass is 9.78. The SMILES string of the molecule is CCC1CCC(O)C(CN2CCCSCC2)C1. The number of aliphatic hydroxyl groups excluding tert-OH is 1. The Balaban J connectivity index is 1.82. The molecule has 2 rings (SSSR count). The number of thioether (sulfide) groups is 1. The molecule has 2 fully saturated rings. The molecule has 3 unspecified atom stereocenters. The summed E-state index contributed by atoms with van der Waals surface area (Å²) in [5, 5.41) is 10.2. The van der Waals surface area contributed by atoms with Gasteiger partial charge in [-0.3, -0.25) is 0 Å². The van der Waals surface area contributed by atoms with Crippen LogP contribution in [0.5, 0.6) is 0 Å². The zero-order valence-electron chi connectivity index (χ0n) is 11.1. The van der Waals surface area contributed by atoms with E-state index in [0.29, 0.717) is 5.92 Å². The van der Waals surface area contributed by atoms with E-state index in [2.05, 4.69) is 23.6 Å². The molecule has 17 heavy (non-hydrogen) atoms. The van der Waals surface area contributed by atoms with Crippen LogP contribution in [0.2, 0.25) is 0 Å². The Kier molecular flexibility index (Phi) is 5.64. The summed E-state index contributed by atoms with van der Waals surface area (Å²) in [5.74, 6) is 4.00. The molecule has 1 saturated carbocycles. The van der Waals surface area contributed by atoms with E-state index >= 15 is 0 Å². The van der Waals surface area contributed by atoms with Gasteiger partial charge in [-0.1, -0.05) is 13.3 Å². The minimum Gasteiger partial charge on any atom is -0.393 e. The van der Waals surface area contributed by atoms with Gasteiger partial charge < -0.3 is 10.0 Å². The summed E-state index contributed by atoms with van der Waals surface area (Å²) in [6.45, 7) is 5.90. The molecule has 1 aliphatic heterocycles. The van der Waals surface area contributed by atoms with Crippen LogP contribution in [0.25, 0.3) is 0 Å². The van der Waals surface area contributed by atoms with Crippen molar-refractivity contribution in [2.75, 3.05) is 31.1 Å². The molecule has 3 heteroatoms. The summed E-state index contributed by atoms with van der Waals surface area (Å²) in [7, 11) is 0. The summed E-state index contributed by atoms with van der Waals surface area (Å²) in [4.78, 5) is 2.59. The maximum atomic E-state index is 10.2. The van der Waals surface area contributed by atoms with E-state index in [1.165, 1.54) is 50.3 Å². The summed E-state index contributed by atoms with van der Waals surface area (Å²) in [5.41, 5.74) is 0. The highest BCUT2D eigenvalue weighted by Gasteiger charge is 2.29. The largest absolute Gasteiger partial charge is 0.393 e. The monoisotopic (exact) mass is 257 g/mol. The fourth-order valence-corrected chi connectivity index (χ4v) is 4.15. The summed E-state index contributed by atoms with van der Waals surface area (Å²) in [6.07, 6.45) is 6.11. The van der Waals surface area contributed by atoms with E-state index in [9.17, 15) is 5.11 Å². The lowest BCUT2D eigenvalue weighted by Crippen LogP contribution is -2.39. The van der Waals surface area contributed by atoms with Crippen LogP contribution in [0, 0.1) is 11.8 Å². The highest BCUT2D eigenvalue weighted by Crippen LogP contribution is 2.32. The summed E-state index contributed by atoms with van der Waals surface area (Å²) < 4.78 is 0. The van der Waals surface area contributed by atoms with E-state index in [1.54, 1.807) is 0 Å². The maximum absolute atomic E-state index is 10.2. The van der Waals surface area contributed by atoms with Gasteiger partial charge in [0.1, 0.15) is 0 Å². The number of nitrogens with zero attached hydrogens (tertiary/aromatic N) is 1. The standard InChI is InChI=1S/C14H27NOS/c1-2-12-4-5-14(16)13(10-12)11-15-6-3-8-17-9-7-15/h12-14,16H,2-11H2,1H3. The predicted octanol–water partition coefficient (Wildman–Crippen LogP) is 2.61. The second kappa shape index (κ2) is 7.01. The third kappa shape index (κ3) is 4.15. The molecule has 0 aromatic carbocycles. The van der Waals surface area contributed by atoms with Gasteiger partial charge in [0.15, 0.2) is 0 Å². The van der Waals surface area contributed by atoms with Gasteiger partial charge in [-0.05, 0) is 49.8 Å². The summed E-state index contributed by atoms with van der Waals surface area (Å²) >= 11 is 2.08. The van der Waals surface area contributed by atoms with Gasteiger partial charge in [-0.15, -0.1) is 0 Å². The summed E-state index contributed by atoms with van der Waals surface area (Å²) in [6, 6.07) is 0. The molecule has 1 aliphatic carbocycles. The Bertz CT molecular complexity index is 216. The number of aliphatic hydroxyl groups is 1. The molecule has 0 aromatic rings. The van der Waals surface area contributed by atoms with Crippen molar-refractivity contribution in [3.63, 3.8) is 0 Å². The smallest absolute Gasteiger partial charge is 0.0580 e. The fraction of sp³-hybridized carbons (Fsp3) is 1.00. The van der Waals surface area contributed by atoms with Crippen molar-refractivity contribution in [3.8, 4) is 0 Å². The van der Waals surface area contributed by atoms with Gasteiger partial charge in [0.25, 0.3) is 0 Å². The lowest BCUT2D eigenvalue weighted by Gasteiger charge is -2.36. The van der Waals surface area contributed by atoms with Crippen LogP contribution < -0.4 is 0 Å². The van der Waals surface area contributed by atoms with E-state index in [0.717, 1.165) is 18.9 Å². The van der Waals surface area contributed by atoms with E-state index < -0.39 is 0 Å². The molecule has 0 amide bonds. The molecule has 2 nitrogen and oxygen atoms in total. The quantitative estimate of drug-likeness (QED) is 0.841. The first kappa shape index (κ1) is 13.7. The molecule has 0 spiro atoms. The lowest BCUT2D eigenvalue weighted by molar-refractivity contribution is 0.0280.